The van der Waals surface area contributed by atoms with Gasteiger partial charge in [-0.1, -0.05) is 31.2 Å². The third kappa shape index (κ3) is 3.68. The molecular formula is C19H20N4O2. The SMILES string of the molecule is CCCn1c(NC(=O)Nc2cccc(C)c2)c2ccccc2nc1=O. The second-order valence-electron chi connectivity index (χ2n) is 5.86. The number of rotatable bonds is 4. The maximum atomic E-state index is 12.4. The van der Waals surface area contributed by atoms with Crippen molar-refractivity contribution in [3.8, 4) is 0 Å². The minimum atomic E-state index is -0.397. The van der Waals surface area contributed by atoms with Crippen LogP contribution in [0.5, 0.6) is 0 Å². The topological polar surface area (TPSA) is 76.0 Å². The normalized spacial score (nSPS) is 10.6. The third-order valence-electron chi connectivity index (χ3n) is 3.83. The maximum absolute atomic E-state index is 12.4. The summed E-state index contributed by atoms with van der Waals surface area (Å²) in [5.74, 6) is 0.461. The molecule has 3 aromatic rings. The summed E-state index contributed by atoms with van der Waals surface area (Å²) >= 11 is 0. The molecule has 2 N–H and O–H groups in total. The molecule has 0 spiro atoms. The number of anilines is 2. The third-order valence-corrected chi connectivity index (χ3v) is 3.83. The Hall–Kier alpha value is -3.15. The number of urea groups is 1. The van der Waals surface area contributed by atoms with Crippen LogP contribution in [0.3, 0.4) is 0 Å². The van der Waals surface area contributed by atoms with Crippen molar-refractivity contribution in [2.75, 3.05) is 10.6 Å². The summed E-state index contributed by atoms with van der Waals surface area (Å²) < 4.78 is 1.50. The molecule has 0 aliphatic heterocycles. The van der Waals surface area contributed by atoms with Crippen molar-refractivity contribution in [3.63, 3.8) is 0 Å². The number of nitrogens with one attached hydrogen (secondary N) is 2. The van der Waals surface area contributed by atoms with Crippen LogP contribution in [0, 0.1) is 6.92 Å². The zero-order valence-electron chi connectivity index (χ0n) is 14.2. The van der Waals surface area contributed by atoms with Crippen molar-refractivity contribution >= 4 is 28.4 Å². The Morgan fingerprint density at radius 3 is 2.68 bits per heavy atom. The van der Waals surface area contributed by atoms with E-state index in [9.17, 15) is 9.59 Å². The van der Waals surface area contributed by atoms with Crippen LogP contribution in [0.1, 0.15) is 18.9 Å². The van der Waals surface area contributed by atoms with Crippen LogP contribution in [-0.2, 0) is 6.54 Å². The smallest absolute Gasteiger partial charge is 0.308 e. The molecule has 3 rings (SSSR count). The van der Waals surface area contributed by atoms with Crippen molar-refractivity contribution in [1.29, 1.82) is 0 Å². The van der Waals surface area contributed by atoms with E-state index in [0.717, 1.165) is 17.4 Å². The Balaban J connectivity index is 1.97. The zero-order valence-corrected chi connectivity index (χ0v) is 14.2. The second kappa shape index (κ2) is 7.17. The highest BCUT2D eigenvalue weighted by Gasteiger charge is 2.13. The van der Waals surface area contributed by atoms with Gasteiger partial charge in [0, 0.05) is 17.6 Å². The summed E-state index contributed by atoms with van der Waals surface area (Å²) in [7, 11) is 0. The number of aryl methyl sites for hydroxylation is 1. The monoisotopic (exact) mass is 336 g/mol. The van der Waals surface area contributed by atoms with Gasteiger partial charge in [0.05, 0.1) is 5.52 Å². The Morgan fingerprint density at radius 1 is 1.12 bits per heavy atom. The number of carbonyl (C=O) groups is 1. The van der Waals surface area contributed by atoms with Gasteiger partial charge >= 0.3 is 11.7 Å². The molecule has 2 aromatic carbocycles. The van der Waals surface area contributed by atoms with Gasteiger partial charge in [-0.25, -0.2) is 9.59 Å². The van der Waals surface area contributed by atoms with E-state index in [0.29, 0.717) is 23.6 Å². The number of aromatic nitrogens is 2. The minimum absolute atomic E-state index is 0.369. The first-order valence-electron chi connectivity index (χ1n) is 8.22. The molecule has 0 aliphatic rings. The molecule has 0 fully saturated rings. The molecule has 25 heavy (non-hydrogen) atoms. The summed E-state index contributed by atoms with van der Waals surface area (Å²) in [6.07, 6.45) is 0.758. The molecule has 0 radical (unpaired) electrons. The zero-order chi connectivity index (χ0) is 17.8. The lowest BCUT2D eigenvalue weighted by Crippen LogP contribution is -2.29. The molecule has 6 nitrogen and oxygen atoms in total. The van der Waals surface area contributed by atoms with Crippen LogP contribution in [0.25, 0.3) is 10.9 Å². The van der Waals surface area contributed by atoms with Crippen molar-refractivity contribution in [2.45, 2.75) is 26.8 Å². The van der Waals surface area contributed by atoms with Crippen LogP contribution in [0.2, 0.25) is 0 Å². The Kier molecular flexibility index (Phi) is 4.79. The number of hydrogen-bond acceptors (Lipinski definition) is 3. The van der Waals surface area contributed by atoms with Crippen LogP contribution < -0.4 is 16.3 Å². The fourth-order valence-electron chi connectivity index (χ4n) is 2.73. The highest BCUT2D eigenvalue weighted by Crippen LogP contribution is 2.20. The number of amides is 2. The molecule has 0 unspecified atom stereocenters. The minimum Gasteiger partial charge on any atom is -0.308 e. The van der Waals surface area contributed by atoms with Gasteiger partial charge in [-0.05, 0) is 43.2 Å². The Morgan fingerprint density at radius 2 is 1.92 bits per heavy atom. The molecule has 2 amide bonds. The van der Waals surface area contributed by atoms with E-state index in [-0.39, 0.29) is 5.69 Å². The van der Waals surface area contributed by atoms with E-state index in [2.05, 4.69) is 15.6 Å². The number of fused-ring (bicyclic) bond motifs is 1. The lowest BCUT2D eigenvalue weighted by atomic mass is 10.2. The van der Waals surface area contributed by atoms with Crippen molar-refractivity contribution in [1.82, 2.24) is 9.55 Å². The van der Waals surface area contributed by atoms with E-state index in [1.807, 2.05) is 56.3 Å². The van der Waals surface area contributed by atoms with E-state index in [1.54, 1.807) is 6.07 Å². The van der Waals surface area contributed by atoms with Crippen LogP contribution in [-0.4, -0.2) is 15.6 Å². The van der Waals surface area contributed by atoms with Crippen molar-refractivity contribution in [3.05, 3.63) is 64.6 Å². The number of benzene rings is 2. The van der Waals surface area contributed by atoms with Crippen molar-refractivity contribution in [2.24, 2.45) is 0 Å². The van der Waals surface area contributed by atoms with Gasteiger partial charge in [0.1, 0.15) is 5.82 Å². The van der Waals surface area contributed by atoms with Crippen LogP contribution in [0.15, 0.2) is 53.3 Å². The highest BCUT2D eigenvalue weighted by atomic mass is 16.2. The molecular weight excluding hydrogens is 316 g/mol. The fraction of sp³-hybridized carbons (Fsp3) is 0.211. The first-order chi connectivity index (χ1) is 12.1. The first kappa shape index (κ1) is 16.7. The van der Waals surface area contributed by atoms with Gasteiger partial charge in [-0.2, -0.15) is 4.98 Å². The van der Waals surface area contributed by atoms with E-state index < -0.39 is 6.03 Å². The summed E-state index contributed by atoms with van der Waals surface area (Å²) in [6.45, 7) is 4.41. The fourth-order valence-corrected chi connectivity index (χ4v) is 2.73. The lowest BCUT2D eigenvalue weighted by Gasteiger charge is -2.15. The molecule has 0 saturated heterocycles. The van der Waals surface area contributed by atoms with Crippen molar-refractivity contribution < 1.29 is 4.79 Å². The summed E-state index contributed by atoms with van der Waals surface area (Å²) in [5.41, 5.74) is 1.94. The number of hydrogen-bond donors (Lipinski definition) is 2. The average molecular weight is 336 g/mol. The Bertz CT molecular complexity index is 979. The van der Waals surface area contributed by atoms with Crippen LogP contribution in [0.4, 0.5) is 16.3 Å². The molecule has 0 saturated carbocycles. The van der Waals surface area contributed by atoms with Gasteiger partial charge in [0.25, 0.3) is 0 Å². The van der Waals surface area contributed by atoms with Gasteiger partial charge in [-0.3, -0.25) is 9.88 Å². The number of para-hydroxylation sites is 1. The predicted octanol–water partition coefficient (Wildman–Crippen LogP) is 3.76. The summed E-state index contributed by atoms with van der Waals surface area (Å²) in [4.78, 5) is 28.8. The lowest BCUT2D eigenvalue weighted by molar-refractivity contribution is 0.262. The second-order valence-corrected chi connectivity index (χ2v) is 5.86. The molecule has 0 bridgehead atoms. The van der Waals surface area contributed by atoms with Gasteiger partial charge < -0.3 is 5.32 Å². The number of carbonyl (C=O) groups excluding carboxylic acids is 1. The standard InChI is InChI=1S/C19H20N4O2/c1-3-11-23-17(15-9-4-5-10-16(15)21-19(23)25)22-18(24)20-14-8-6-7-13(2)12-14/h4-10,12H,3,11H2,1-2H3,(H2,20,22,24). The van der Waals surface area contributed by atoms with E-state index in [4.69, 9.17) is 0 Å². The van der Waals surface area contributed by atoms with Gasteiger partial charge in [0.2, 0.25) is 0 Å². The largest absolute Gasteiger partial charge is 0.349 e. The first-order valence-corrected chi connectivity index (χ1v) is 8.22. The summed E-state index contributed by atoms with van der Waals surface area (Å²) in [6, 6.07) is 14.4. The summed E-state index contributed by atoms with van der Waals surface area (Å²) in [5, 5.41) is 6.35. The molecule has 128 valence electrons. The molecule has 1 heterocycles. The van der Waals surface area contributed by atoms with Gasteiger partial charge in [-0.15, -0.1) is 0 Å². The Labute approximate surface area is 145 Å². The molecule has 0 atom stereocenters. The van der Waals surface area contributed by atoms with E-state index in [1.165, 1.54) is 4.57 Å². The van der Waals surface area contributed by atoms with Crippen LogP contribution >= 0.6 is 0 Å². The highest BCUT2D eigenvalue weighted by molar-refractivity contribution is 6.04. The quantitative estimate of drug-likeness (QED) is 0.761. The average Bonchev–Trinajstić information content (AvgIpc) is 2.58. The molecule has 6 heteroatoms. The number of nitrogens with zero attached hydrogens (tertiary/aromatic N) is 2. The maximum Gasteiger partial charge on any atom is 0.349 e. The molecule has 0 aliphatic carbocycles. The van der Waals surface area contributed by atoms with E-state index >= 15 is 0 Å². The molecule has 1 aromatic heterocycles. The predicted molar refractivity (Wildman–Crippen MR) is 100 cm³/mol. The van der Waals surface area contributed by atoms with Gasteiger partial charge in [0.15, 0.2) is 0 Å².